The molecule has 1 aromatic heterocycles. The predicted molar refractivity (Wildman–Crippen MR) is 66.8 cm³/mol. The van der Waals surface area contributed by atoms with Crippen LogP contribution in [0.4, 0.5) is 0 Å². The molecule has 88 valence electrons. The third-order valence-electron chi connectivity index (χ3n) is 2.49. The molecule has 1 heterocycles. The highest BCUT2D eigenvalue weighted by Gasteiger charge is 2.05. The van der Waals surface area contributed by atoms with Crippen LogP contribution in [0.2, 0.25) is 0 Å². The molecule has 0 bridgehead atoms. The molecule has 1 amide bonds. The number of carbonyl (C=O) groups is 1. The zero-order valence-electron chi connectivity index (χ0n) is 9.77. The summed E-state index contributed by atoms with van der Waals surface area (Å²) < 4.78 is 5.28. The molecular formula is C14H15NO2. The normalized spacial score (nSPS) is 10.2. The number of nitrogens with one attached hydrogen (secondary N) is 1. The van der Waals surface area contributed by atoms with Crippen LogP contribution in [0.15, 0.2) is 47.1 Å². The van der Waals surface area contributed by atoms with Crippen molar-refractivity contribution in [3.8, 4) is 11.3 Å². The second kappa shape index (κ2) is 5.34. The number of carbonyl (C=O) groups excluding carboxylic acids is 1. The standard InChI is InChI=1S/C14H15NO2/c1-2-9-15-14(16)12-7-5-11(6-8-12)13-4-3-10-17-13/h3-8,10H,2,9H2,1H3,(H,15,16). The van der Waals surface area contributed by atoms with E-state index in [9.17, 15) is 4.79 Å². The third kappa shape index (κ3) is 2.75. The van der Waals surface area contributed by atoms with Crippen molar-refractivity contribution < 1.29 is 9.21 Å². The van der Waals surface area contributed by atoms with Gasteiger partial charge in [-0.1, -0.05) is 19.1 Å². The molecule has 0 radical (unpaired) electrons. The van der Waals surface area contributed by atoms with Gasteiger partial charge in [0, 0.05) is 17.7 Å². The molecule has 2 rings (SSSR count). The van der Waals surface area contributed by atoms with Crippen molar-refractivity contribution in [2.75, 3.05) is 6.54 Å². The minimum atomic E-state index is -0.0298. The summed E-state index contributed by atoms with van der Waals surface area (Å²) in [6, 6.07) is 11.1. The van der Waals surface area contributed by atoms with Crippen molar-refractivity contribution in [3.63, 3.8) is 0 Å². The van der Waals surface area contributed by atoms with Gasteiger partial charge in [-0.25, -0.2) is 0 Å². The molecule has 1 aromatic carbocycles. The maximum absolute atomic E-state index is 11.7. The molecular weight excluding hydrogens is 214 g/mol. The summed E-state index contributed by atoms with van der Waals surface area (Å²) in [6.45, 7) is 2.74. The topological polar surface area (TPSA) is 42.2 Å². The van der Waals surface area contributed by atoms with Crippen molar-refractivity contribution in [2.45, 2.75) is 13.3 Å². The number of amides is 1. The van der Waals surface area contributed by atoms with Crippen LogP contribution in [0, 0.1) is 0 Å². The van der Waals surface area contributed by atoms with Gasteiger partial charge in [0.1, 0.15) is 5.76 Å². The molecule has 3 nitrogen and oxygen atoms in total. The van der Waals surface area contributed by atoms with Crippen molar-refractivity contribution in [1.82, 2.24) is 5.32 Å². The zero-order chi connectivity index (χ0) is 12.1. The first-order chi connectivity index (χ1) is 8.31. The summed E-state index contributed by atoms with van der Waals surface area (Å²) in [4.78, 5) is 11.7. The highest BCUT2D eigenvalue weighted by atomic mass is 16.3. The van der Waals surface area contributed by atoms with E-state index in [4.69, 9.17) is 4.42 Å². The molecule has 0 fully saturated rings. The van der Waals surface area contributed by atoms with Crippen LogP contribution in [0.1, 0.15) is 23.7 Å². The van der Waals surface area contributed by atoms with Crippen molar-refractivity contribution in [3.05, 3.63) is 48.2 Å². The lowest BCUT2D eigenvalue weighted by molar-refractivity contribution is 0.0953. The molecule has 0 unspecified atom stereocenters. The van der Waals surface area contributed by atoms with Crippen LogP contribution in [0.5, 0.6) is 0 Å². The third-order valence-corrected chi connectivity index (χ3v) is 2.49. The number of hydrogen-bond donors (Lipinski definition) is 1. The van der Waals surface area contributed by atoms with E-state index in [1.165, 1.54) is 0 Å². The van der Waals surface area contributed by atoms with Crippen LogP contribution in [-0.2, 0) is 0 Å². The Balaban J connectivity index is 2.10. The molecule has 0 aliphatic rings. The lowest BCUT2D eigenvalue weighted by atomic mass is 10.1. The van der Waals surface area contributed by atoms with E-state index in [1.54, 1.807) is 6.26 Å². The van der Waals surface area contributed by atoms with E-state index in [-0.39, 0.29) is 5.91 Å². The second-order valence-electron chi connectivity index (χ2n) is 3.81. The van der Waals surface area contributed by atoms with Gasteiger partial charge < -0.3 is 9.73 Å². The first-order valence-electron chi connectivity index (χ1n) is 5.73. The van der Waals surface area contributed by atoms with E-state index >= 15 is 0 Å². The quantitative estimate of drug-likeness (QED) is 0.875. The first kappa shape index (κ1) is 11.5. The summed E-state index contributed by atoms with van der Waals surface area (Å²) in [5.41, 5.74) is 1.65. The highest BCUT2D eigenvalue weighted by molar-refractivity contribution is 5.94. The minimum absolute atomic E-state index is 0.0298. The number of benzene rings is 1. The SMILES string of the molecule is CCCNC(=O)c1ccc(-c2ccco2)cc1. The summed E-state index contributed by atoms with van der Waals surface area (Å²) >= 11 is 0. The molecule has 0 aliphatic carbocycles. The van der Waals surface area contributed by atoms with Crippen molar-refractivity contribution >= 4 is 5.91 Å². The van der Waals surface area contributed by atoms with Gasteiger partial charge in [-0.15, -0.1) is 0 Å². The van der Waals surface area contributed by atoms with E-state index < -0.39 is 0 Å². The molecule has 0 spiro atoms. The molecule has 2 aromatic rings. The monoisotopic (exact) mass is 229 g/mol. The fraction of sp³-hybridized carbons (Fsp3) is 0.214. The Morgan fingerprint density at radius 3 is 2.59 bits per heavy atom. The van der Waals surface area contributed by atoms with Crippen molar-refractivity contribution in [1.29, 1.82) is 0 Å². The van der Waals surface area contributed by atoms with Crippen LogP contribution in [-0.4, -0.2) is 12.5 Å². The lowest BCUT2D eigenvalue weighted by Crippen LogP contribution is -2.23. The molecule has 3 heteroatoms. The van der Waals surface area contributed by atoms with Crippen LogP contribution in [0.25, 0.3) is 11.3 Å². The summed E-state index contributed by atoms with van der Waals surface area (Å²) in [7, 11) is 0. The Bertz CT molecular complexity index is 471. The molecule has 0 saturated heterocycles. The summed E-state index contributed by atoms with van der Waals surface area (Å²) in [6.07, 6.45) is 2.58. The summed E-state index contributed by atoms with van der Waals surface area (Å²) in [5, 5.41) is 2.84. The largest absolute Gasteiger partial charge is 0.464 e. The van der Waals surface area contributed by atoms with Crippen LogP contribution in [0.3, 0.4) is 0 Å². The predicted octanol–water partition coefficient (Wildman–Crippen LogP) is 3.09. The first-order valence-corrected chi connectivity index (χ1v) is 5.73. The fourth-order valence-electron chi connectivity index (χ4n) is 1.57. The van der Waals surface area contributed by atoms with Crippen molar-refractivity contribution in [2.24, 2.45) is 0 Å². The maximum atomic E-state index is 11.7. The average Bonchev–Trinajstić information content (AvgIpc) is 2.90. The van der Waals surface area contributed by atoms with E-state index in [0.29, 0.717) is 12.1 Å². The Morgan fingerprint density at radius 2 is 2.00 bits per heavy atom. The lowest BCUT2D eigenvalue weighted by Gasteiger charge is -2.04. The van der Waals surface area contributed by atoms with E-state index in [0.717, 1.165) is 17.7 Å². The van der Waals surface area contributed by atoms with Gasteiger partial charge in [0.15, 0.2) is 0 Å². The Morgan fingerprint density at radius 1 is 1.24 bits per heavy atom. The number of furan rings is 1. The van der Waals surface area contributed by atoms with E-state index in [1.807, 2.05) is 43.3 Å². The molecule has 1 N–H and O–H groups in total. The highest BCUT2D eigenvalue weighted by Crippen LogP contribution is 2.19. The minimum Gasteiger partial charge on any atom is -0.464 e. The number of hydrogen-bond acceptors (Lipinski definition) is 2. The van der Waals surface area contributed by atoms with Gasteiger partial charge in [0.05, 0.1) is 6.26 Å². The van der Waals surface area contributed by atoms with E-state index in [2.05, 4.69) is 5.32 Å². The zero-order valence-corrected chi connectivity index (χ0v) is 9.77. The molecule has 0 aliphatic heterocycles. The van der Waals surface area contributed by atoms with Gasteiger partial charge in [-0.2, -0.15) is 0 Å². The Kier molecular flexibility index (Phi) is 3.60. The van der Waals surface area contributed by atoms with Crippen LogP contribution < -0.4 is 5.32 Å². The maximum Gasteiger partial charge on any atom is 0.251 e. The molecule has 17 heavy (non-hydrogen) atoms. The Hall–Kier alpha value is -2.03. The molecule has 0 atom stereocenters. The van der Waals surface area contributed by atoms with Gasteiger partial charge in [0.25, 0.3) is 5.91 Å². The average molecular weight is 229 g/mol. The smallest absolute Gasteiger partial charge is 0.251 e. The summed E-state index contributed by atoms with van der Waals surface area (Å²) in [5.74, 6) is 0.781. The molecule has 0 saturated carbocycles. The van der Waals surface area contributed by atoms with Gasteiger partial charge in [-0.05, 0) is 30.7 Å². The van der Waals surface area contributed by atoms with Gasteiger partial charge >= 0.3 is 0 Å². The number of rotatable bonds is 4. The second-order valence-corrected chi connectivity index (χ2v) is 3.81. The van der Waals surface area contributed by atoms with Gasteiger partial charge in [-0.3, -0.25) is 4.79 Å². The fourth-order valence-corrected chi connectivity index (χ4v) is 1.57. The van der Waals surface area contributed by atoms with Gasteiger partial charge in [0.2, 0.25) is 0 Å². The Labute approximate surface area is 100 Å². The van der Waals surface area contributed by atoms with Crippen LogP contribution >= 0.6 is 0 Å².